The van der Waals surface area contributed by atoms with E-state index in [1.807, 2.05) is 18.2 Å². The molecule has 0 saturated carbocycles. The molecule has 2 rings (SSSR count). The Hall–Kier alpha value is -1.42. The Morgan fingerprint density at radius 1 is 1.19 bits per heavy atom. The minimum Gasteiger partial charge on any atom is -0.497 e. The van der Waals surface area contributed by atoms with Gasteiger partial charge in [0.25, 0.3) is 0 Å². The van der Waals surface area contributed by atoms with E-state index in [2.05, 4.69) is 10.4 Å². The number of nitrogens with zero attached hydrogens (tertiary/aromatic N) is 1. The van der Waals surface area contributed by atoms with Crippen LogP contribution in [0.3, 0.4) is 0 Å². The highest BCUT2D eigenvalue weighted by atomic mass is 16.5. The third-order valence-corrected chi connectivity index (χ3v) is 2.81. The number of nitrogens with two attached hydrogens (primary N) is 1. The predicted molar refractivity (Wildman–Crippen MR) is 66.5 cm³/mol. The summed E-state index contributed by atoms with van der Waals surface area (Å²) in [5.41, 5.74) is 10.9. The Balaban J connectivity index is 2.04. The lowest BCUT2D eigenvalue weighted by Gasteiger charge is -2.28. The molecule has 0 aromatic heterocycles. The fourth-order valence-electron chi connectivity index (χ4n) is 1.99. The molecule has 0 amide bonds. The molecule has 1 fully saturated rings. The number of piperidine rings is 1. The Kier molecular flexibility index (Phi) is 3.51. The van der Waals surface area contributed by atoms with Gasteiger partial charge in [0.2, 0.25) is 0 Å². The number of rotatable bonds is 3. The van der Waals surface area contributed by atoms with Crippen molar-refractivity contribution in [3.63, 3.8) is 0 Å². The molecule has 4 heteroatoms. The molecular weight excluding hydrogens is 202 g/mol. The van der Waals surface area contributed by atoms with Gasteiger partial charge in [-0.3, -0.25) is 0 Å². The zero-order valence-corrected chi connectivity index (χ0v) is 9.70. The van der Waals surface area contributed by atoms with E-state index in [-0.39, 0.29) is 0 Å². The van der Waals surface area contributed by atoms with E-state index in [9.17, 15) is 0 Å². The van der Waals surface area contributed by atoms with Gasteiger partial charge >= 0.3 is 0 Å². The monoisotopic (exact) mass is 221 g/mol. The Labute approximate surface area is 96.3 Å². The highest BCUT2D eigenvalue weighted by Gasteiger charge is 2.10. The van der Waals surface area contributed by atoms with Gasteiger partial charge in [-0.05, 0) is 18.9 Å². The number of ether oxygens (including phenoxy) is 1. The third-order valence-electron chi connectivity index (χ3n) is 2.81. The lowest BCUT2D eigenvalue weighted by molar-refractivity contribution is 0.273. The lowest BCUT2D eigenvalue weighted by Crippen LogP contribution is -2.34. The predicted octanol–water partition coefficient (Wildman–Crippen LogP) is 2.09. The second kappa shape index (κ2) is 5.07. The smallest absolute Gasteiger partial charge is 0.123 e. The summed E-state index contributed by atoms with van der Waals surface area (Å²) in [6.45, 7) is 2.19. The normalized spacial score (nSPS) is 17.1. The molecule has 1 saturated heterocycles. The molecule has 0 atom stereocenters. The molecule has 0 unspecified atom stereocenters. The SMILES string of the molecule is COc1cc(N)cc(NN2CCCCC2)c1. The average molecular weight is 221 g/mol. The molecule has 1 aliphatic heterocycles. The van der Waals surface area contributed by atoms with Crippen LogP contribution in [0.25, 0.3) is 0 Å². The average Bonchev–Trinajstić information content (AvgIpc) is 2.29. The molecule has 1 aliphatic rings. The maximum absolute atomic E-state index is 5.80. The van der Waals surface area contributed by atoms with Crippen LogP contribution in [0.4, 0.5) is 11.4 Å². The molecular formula is C12H19N3O. The van der Waals surface area contributed by atoms with Crippen molar-refractivity contribution in [3.8, 4) is 5.75 Å². The lowest BCUT2D eigenvalue weighted by atomic mass is 10.2. The zero-order valence-electron chi connectivity index (χ0n) is 9.70. The molecule has 0 bridgehead atoms. The van der Waals surface area contributed by atoms with Gasteiger partial charge in [0, 0.05) is 30.9 Å². The van der Waals surface area contributed by atoms with E-state index in [0.29, 0.717) is 0 Å². The van der Waals surface area contributed by atoms with Crippen LogP contribution < -0.4 is 15.9 Å². The Morgan fingerprint density at radius 3 is 2.62 bits per heavy atom. The molecule has 88 valence electrons. The number of hydrogen-bond donors (Lipinski definition) is 2. The van der Waals surface area contributed by atoms with E-state index in [4.69, 9.17) is 10.5 Å². The van der Waals surface area contributed by atoms with Crippen LogP contribution >= 0.6 is 0 Å². The first kappa shape index (κ1) is 11.1. The summed E-state index contributed by atoms with van der Waals surface area (Å²) >= 11 is 0. The van der Waals surface area contributed by atoms with Gasteiger partial charge < -0.3 is 15.9 Å². The van der Waals surface area contributed by atoms with Crippen LogP contribution in [0.15, 0.2) is 18.2 Å². The first-order valence-corrected chi connectivity index (χ1v) is 5.74. The van der Waals surface area contributed by atoms with E-state index in [1.54, 1.807) is 7.11 Å². The second-order valence-electron chi connectivity index (χ2n) is 4.15. The van der Waals surface area contributed by atoms with Crippen molar-refractivity contribution in [2.24, 2.45) is 0 Å². The number of hydrazine groups is 1. The van der Waals surface area contributed by atoms with E-state index >= 15 is 0 Å². The first-order valence-electron chi connectivity index (χ1n) is 5.74. The highest BCUT2D eigenvalue weighted by molar-refractivity contribution is 5.58. The topological polar surface area (TPSA) is 50.5 Å². The van der Waals surface area contributed by atoms with Crippen LogP contribution in [0.1, 0.15) is 19.3 Å². The van der Waals surface area contributed by atoms with Crippen molar-refractivity contribution in [2.45, 2.75) is 19.3 Å². The fourth-order valence-corrected chi connectivity index (χ4v) is 1.99. The molecule has 1 heterocycles. The standard InChI is InChI=1S/C12H19N3O/c1-16-12-8-10(13)7-11(9-12)14-15-5-3-2-4-6-15/h7-9,14H,2-6,13H2,1H3. The Morgan fingerprint density at radius 2 is 1.94 bits per heavy atom. The molecule has 1 aromatic rings. The molecule has 0 radical (unpaired) electrons. The van der Waals surface area contributed by atoms with E-state index < -0.39 is 0 Å². The number of nitrogen functional groups attached to an aromatic ring is 1. The molecule has 16 heavy (non-hydrogen) atoms. The van der Waals surface area contributed by atoms with E-state index in [1.165, 1.54) is 19.3 Å². The number of benzene rings is 1. The fraction of sp³-hybridized carbons (Fsp3) is 0.500. The summed E-state index contributed by atoms with van der Waals surface area (Å²) in [5.74, 6) is 0.791. The largest absolute Gasteiger partial charge is 0.497 e. The van der Waals surface area contributed by atoms with Crippen LogP contribution in [-0.4, -0.2) is 25.2 Å². The summed E-state index contributed by atoms with van der Waals surface area (Å²) < 4.78 is 5.19. The summed E-state index contributed by atoms with van der Waals surface area (Å²) in [5, 5.41) is 2.23. The Bertz CT molecular complexity index is 348. The van der Waals surface area contributed by atoms with Gasteiger partial charge in [-0.15, -0.1) is 0 Å². The number of anilines is 2. The zero-order chi connectivity index (χ0) is 11.4. The van der Waals surface area contributed by atoms with Crippen LogP contribution in [0.5, 0.6) is 5.75 Å². The first-order chi connectivity index (χ1) is 7.78. The van der Waals surface area contributed by atoms with Gasteiger partial charge in [0.05, 0.1) is 12.8 Å². The minimum absolute atomic E-state index is 0.721. The van der Waals surface area contributed by atoms with Gasteiger partial charge in [-0.1, -0.05) is 6.42 Å². The summed E-state index contributed by atoms with van der Waals surface area (Å²) in [7, 11) is 1.65. The van der Waals surface area contributed by atoms with Crippen molar-refractivity contribution in [2.75, 3.05) is 31.4 Å². The van der Waals surface area contributed by atoms with Crippen LogP contribution in [-0.2, 0) is 0 Å². The number of methoxy groups -OCH3 is 1. The van der Waals surface area contributed by atoms with Gasteiger partial charge in [0.15, 0.2) is 0 Å². The van der Waals surface area contributed by atoms with Gasteiger partial charge in [-0.25, -0.2) is 5.01 Å². The van der Waals surface area contributed by atoms with E-state index in [0.717, 1.165) is 30.2 Å². The van der Waals surface area contributed by atoms with Crippen molar-refractivity contribution in [3.05, 3.63) is 18.2 Å². The molecule has 1 aromatic carbocycles. The molecule has 4 nitrogen and oxygen atoms in total. The van der Waals surface area contributed by atoms with Crippen LogP contribution in [0.2, 0.25) is 0 Å². The van der Waals surface area contributed by atoms with Crippen molar-refractivity contribution in [1.29, 1.82) is 0 Å². The molecule has 0 aliphatic carbocycles. The second-order valence-corrected chi connectivity index (χ2v) is 4.15. The summed E-state index contributed by atoms with van der Waals surface area (Å²) in [6, 6.07) is 5.71. The molecule has 0 spiro atoms. The van der Waals surface area contributed by atoms with Gasteiger partial charge in [-0.2, -0.15) is 0 Å². The maximum atomic E-state index is 5.80. The van der Waals surface area contributed by atoms with Crippen LogP contribution in [0, 0.1) is 0 Å². The van der Waals surface area contributed by atoms with Crippen molar-refractivity contribution >= 4 is 11.4 Å². The third kappa shape index (κ3) is 2.79. The van der Waals surface area contributed by atoms with Crippen molar-refractivity contribution in [1.82, 2.24) is 5.01 Å². The maximum Gasteiger partial charge on any atom is 0.123 e. The quantitative estimate of drug-likeness (QED) is 0.767. The summed E-state index contributed by atoms with van der Waals surface area (Å²) in [6.07, 6.45) is 3.84. The number of nitrogens with one attached hydrogen (secondary N) is 1. The minimum atomic E-state index is 0.721. The number of hydrogen-bond acceptors (Lipinski definition) is 4. The molecule has 3 N–H and O–H groups in total. The highest BCUT2D eigenvalue weighted by Crippen LogP contribution is 2.23. The van der Waals surface area contributed by atoms with Gasteiger partial charge in [0.1, 0.15) is 5.75 Å². The van der Waals surface area contributed by atoms with Crippen molar-refractivity contribution < 1.29 is 4.74 Å². The summed E-state index contributed by atoms with van der Waals surface area (Å²) in [4.78, 5) is 0.